The van der Waals surface area contributed by atoms with Gasteiger partial charge in [0, 0.05) is 59.0 Å². The van der Waals surface area contributed by atoms with E-state index in [9.17, 15) is 0 Å². The van der Waals surface area contributed by atoms with Gasteiger partial charge in [-0.05, 0) is 20.3 Å². The van der Waals surface area contributed by atoms with E-state index in [2.05, 4.69) is 18.7 Å². The van der Waals surface area contributed by atoms with Crippen molar-refractivity contribution in [2.45, 2.75) is 25.9 Å². The quantitative estimate of drug-likeness (QED) is 0.803. The third kappa shape index (κ3) is 5.43. The SMILES string of the molecule is CC1(C)CN(CCCO)CCO1.[Y]. The first kappa shape index (κ1) is 14.0. The fourth-order valence-electron chi connectivity index (χ4n) is 1.60. The van der Waals surface area contributed by atoms with Gasteiger partial charge in [-0.2, -0.15) is 0 Å². The topological polar surface area (TPSA) is 32.7 Å². The molecule has 0 spiro atoms. The Morgan fingerprint density at radius 3 is 2.69 bits per heavy atom. The Balaban J connectivity index is 0.00000144. The second-order valence-corrected chi connectivity index (χ2v) is 3.96. The molecule has 0 unspecified atom stereocenters. The van der Waals surface area contributed by atoms with Gasteiger partial charge in [-0.25, -0.2) is 0 Å². The summed E-state index contributed by atoms with van der Waals surface area (Å²) in [5, 5.41) is 8.67. The molecule has 0 aromatic heterocycles. The van der Waals surface area contributed by atoms with Crippen LogP contribution in [0.25, 0.3) is 0 Å². The summed E-state index contributed by atoms with van der Waals surface area (Å²) in [4.78, 5) is 2.35. The minimum absolute atomic E-state index is 0. The predicted molar refractivity (Wildman–Crippen MR) is 48.2 cm³/mol. The summed E-state index contributed by atoms with van der Waals surface area (Å²) in [7, 11) is 0. The summed E-state index contributed by atoms with van der Waals surface area (Å²) in [5.74, 6) is 0. The molecule has 1 N–H and O–H groups in total. The molecule has 1 fully saturated rings. The Bertz CT molecular complexity index is 142. The van der Waals surface area contributed by atoms with Gasteiger partial charge in [0.25, 0.3) is 0 Å². The van der Waals surface area contributed by atoms with Gasteiger partial charge >= 0.3 is 0 Å². The zero-order valence-corrected chi connectivity index (χ0v) is 11.5. The second kappa shape index (κ2) is 6.46. The molecule has 1 radical (unpaired) electrons. The molecule has 0 aromatic rings. The van der Waals surface area contributed by atoms with Crippen LogP contribution in [0.5, 0.6) is 0 Å². The summed E-state index contributed by atoms with van der Waals surface area (Å²) in [6.07, 6.45) is 0.871. The van der Waals surface area contributed by atoms with Crippen LogP contribution < -0.4 is 0 Å². The maximum absolute atomic E-state index is 8.67. The molecule has 1 rings (SSSR count). The smallest absolute Gasteiger partial charge is 0.0753 e. The number of nitrogens with zero attached hydrogens (tertiary/aromatic N) is 1. The molecule has 0 aromatic carbocycles. The fraction of sp³-hybridized carbons (Fsp3) is 1.00. The molecule has 0 saturated carbocycles. The van der Waals surface area contributed by atoms with Crippen LogP contribution in [0.15, 0.2) is 0 Å². The van der Waals surface area contributed by atoms with Crippen LogP contribution in [-0.4, -0.2) is 48.5 Å². The fourth-order valence-corrected chi connectivity index (χ4v) is 1.60. The Morgan fingerprint density at radius 1 is 1.46 bits per heavy atom. The molecule has 1 aliphatic heterocycles. The van der Waals surface area contributed by atoms with Crippen molar-refractivity contribution >= 4 is 0 Å². The van der Waals surface area contributed by atoms with Crippen LogP contribution in [-0.2, 0) is 37.4 Å². The van der Waals surface area contributed by atoms with E-state index < -0.39 is 0 Å². The number of hydrogen-bond acceptors (Lipinski definition) is 3. The molecule has 0 bridgehead atoms. The molecule has 0 aliphatic carbocycles. The molecule has 4 heteroatoms. The van der Waals surface area contributed by atoms with Crippen LogP contribution in [0, 0.1) is 0 Å². The summed E-state index contributed by atoms with van der Waals surface area (Å²) >= 11 is 0. The number of morpholine rings is 1. The normalized spacial score (nSPS) is 22.4. The first-order valence-electron chi connectivity index (χ1n) is 4.61. The van der Waals surface area contributed by atoms with Crippen molar-refractivity contribution in [1.82, 2.24) is 4.90 Å². The largest absolute Gasteiger partial charge is 0.396 e. The van der Waals surface area contributed by atoms with Gasteiger partial charge in [-0.3, -0.25) is 4.90 Å². The number of aliphatic hydroxyl groups excluding tert-OH is 1. The van der Waals surface area contributed by atoms with Crippen molar-refractivity contribution in [3.63, 3.8) is 0 Å². The van der Waals surface area contributed by atoms with Crippen LogP contribution in [0.3, 0.4) is 0 Å². The van der Waals surface area contributed by atoms with E-state index in [1.165, 1.54) is 0 Å². The maximum Gasteiger partial charge on any atom is 0.0753 e. The van der Waals surface area contributed by atoms with Gasteiger partial charge in [0.1, 0.15) is 0 Å². The average molecular weight is 262 g/mol. The summed E-state index contributed by atoms with van der Waals surface area (Å²) in [5.41, 5.74) is -0.00624. The summed E-state index contributed by atoms with van der Waals surface area (Å²) < 4.78 is 5.57. The van der Waals surface area contributed by atoms with Gasteiger partial charge in [0.15, 0.2) is 0 Å². The van der Waals surface area contributed by atoms with E-state index in [0.717, 1.165) is 32.7 Å². The third-order valence-electron chi connectivity index (χ3n) is 2.14. The number of ether oxygens (including phenoxy) is 1. The standard InChI is InChI=1S/C9H19NO2.Y/c1-9(2)8-10(4-3-6-11)5-7-12-9;/h11H,3-8H2,1-2H3;. The molecule has 0 atom stereocenters. The first-order chi connectivity index (χ1) is 5.64. The monoisotopic (exact) mass is 262 g/mol. The van der Waals surface area contributed by atoms with Crippen LogP contribution in [0.1, 0.15) is 20.3 Å². The van der Waals surface area contributed by atoms with Crippen LogP contribution in [0.2, 0.25) is 0 Å². The maximum atomic E-state index is 8.67. The van der Waals surface area contributed by atoms with Crippen molar-refractivity contribution in [2.75, 3.05) is 32.8 Å². The van der Waals surface area contributed by atoms with Gasteiger partial charge < -0.3 is 9.84 Å². The molecular weight excluding hydrogens is 243 g/mol. The van der Waals surface area contributed by atoms with Gasteiger partial charge in [0.2, 0.25) is 0 Å². The van der Waals surface area contributed by atoms with Crippen molar-refractivity contribution in [3.8, 4) is 0 Å². The zero-order valence-electron chi connectivity index (χ0n) is 8.62. The zero-order chi connectivity index (χ0) is 9.03. The Kier molecular flexibility index (Phi) is 6.95. The first-order valence-corrected chi connectivity index (χ1v) is 4.61. The van der Waals surface area contributed by atoms with Crippen molar-refractivity contribution < 1.29 is 42.6 Å². The predicted octanol–water partition coefficient (Wildman–Crippen LogP) is 0.477. The van der Waals surface area contributed by atoms with E-state index in [0.29, 0.717) is 0 Å². The van der Waals surface area contributed by atoms with E-state index in [1.54, 1.807) is 0 Å². The van der Waals surface area contributed by atoms with Gasteiger partial charge in [-0.1, -0.05) is 0 Å². The van der Waals surface area contributed by atoms with Gasteiger partial charge in [0.05, 0.1) is 12.2 Å². The molecule has 13 heavy (non-hydrogen) atoms. The Morgan fingerprint density at radius 2 is 2.15 bits per heavy atom. The second-order valence-electron chi connectivity index (χ2n) is 3.96. The third-order valence-corrected chi connectivity index (χ3v) is 2.14. The molecule has 75 valence electrons. The van der Waals surface area contributed by atoms with E-state index >= 15 is 0 Å². The van der Waals surface area contributed by atoms with Gasteiger partial charge in [-0.15, -0.1) is 0 Å². The average Bonchev–Trinajstić information content (AvgIpc) is 1.99. The van der Waals surface area contributed by atoms with E-state index in [4.69, 9.17) is 9.84 Å². The molecule has 3 nitrogen and oxygen atoms in total. The van der Waals surface area contributed by atoms with Crippen LogP contribution in [0.4, 0.5) is 0 Å². The Labute approximate surface area is 106 Å². The van der Waals surface area contributed by atoms with E-state index in [1.807, 2.05) is 0 Å². The Hall–Kier alpha value is 0.984. The number of hydrogen-bond donors (Lipinski definition) is 1. The summed E-state index contributed by atoms with van der Waals surface area (Å²) in [6, 6.07) is 0. The van der Waals surface area contributed by atoms with Crippen molar-refractivity contribution in [1.29, 1.82) is 0 Å². The molecule has 1 saturated heterocycles. The minimum Gasteiger partial charge on any atom is -0.396 e. The number of rotatable bonds is 3. The minimum atomic E-state index is -0.00624. The molecule has 1 aliphatic rings. The number of aliphatic hydroxyl groups is 1. The molecular formula is C9H19NO2Y. The molecule has 0 amide bonds. The summed E-state index contributed by atoms with van der Waals surface area (Å²) in [6.45, 7) is 8.30. The van der Waals surface area contributed by atoms with E-state index in [-0.39, 0.29) is 44.9 Å². The van der Waals surface area contributed by atoms with Crippen LogP contribution >= 0.6 is 0 Å². The van der Waals surface area contributed by atoms with Crippen molar-refractivity contribution in [3.05, 3.63) is 0 Å². The molecule has 1 heterocycles. The van der Waals surface area contributed by atoms with Crippen molar-refractivity contribution in [2.24, 2.45) is 0 Å².